The zero-order chi connectivity index (χ0) is 24.1. The van der Waals surface area contributed by atoms with E-state index >= 15 is 0 Å². The van der Waals surface area contributed by atoms with Gasteiger partial charge in [0.15, 0.2) is 0 Å². The summed E-state index contributed by atoms with van der Waals surface area (Å²) in [6.07, 6.45) is 8.84. The molecule has 1 saturated carbocycles. The molecule has 1 amide bonds. The summed E-state index contributed by atoms with van der Waals surface area (Å²) in [6, 6.07) is 15.5. The number of hydrogen-bond acceptors (Lipinski definition) is 6. The van der Waals surface area contributed by atoms with Crippen LogP contribution in [0.25, 0.3) is 56.0 Å². The molecule has 9 heteroatoms. The summed E-state index contributed by atoms with van der Waals surface area (Å²) < 4.78 is 0. The predicted molar refractivity (Wildman–Crippen MR) is 137 cm³/mol. The number of nitrogens with one attached hydrogen (secondary N) is 3. The molecule has 6 aromatic heterocycles. The molecule has 0 aromatic carbocycles. The number of H-pyrrole nitrogens is 2. The van der Waals surface area contributed by atoms with Crippen molar-refractivity contribution < 1.29 is 4.79 Å². The Morgan fingerprint density at radius 1 is 0.917 bits per heavy atom. The molecule has 0 bridgehead atoms. The van der Waals surface area contributed by atoms with E-state index in [9.17, 15) is 4.79 Å². The van der Waals surface area contributed by atoms with Crippen molar-refractivity contribution in [3.8, 4) is 34.0 Å². The smallest absolute Gasteiger partial charge is 0.227 e. The van der Waals surface area contributed by atoms with Gasteiger partial charge in [-0.1, -0.05) is 6.07 Å². The normalized spacial score (nSPS) is 13.3. The van der Waals surface area contributed by atoms with Crippen molar-refractivity contribution in [1.82, 2.24) is 35.1 Å². The summed E-state index contributed by atoms with van der Waals surface area (Å²) in [4.78, 5) is 33.9. The number of carbonyl (C=O) groups excluding carboxylic acids is 1. The maximum Gasteiger partial charge on any atom is 0.227 e. The average molecular weight is 473 g/mol. The summed E-state index contributed by atoms with van der Waals surface area (Å²) in [5, 5.41) is 11.5. The van der Waals surface area contributed by atoms with Crippen molar-refractivity contribution in [2.75, 3.05) is 5.32 Å². The van der Waals surface area contributed by atoms with Gasteiger partial charge in [0.1, 0.15) is 11.2 Å². The number of carbonyl (C=O) groups is 1. The Morgan fingerprint density at radius 3 is 2.72 bits per heavy atom. The highest BCUT2D eigenvalue weighted by Gasteiger charge is 2.29. The molecule has 0 aliphatic heterocycles. The van der Waals surface area contributed by atoms with Crippen molar-refractivity contribution in [3.63, 3.8) is 0 Å². The lowest BCUT2D eigenvalue weighted by Gasteiger charge is -2.06. The number of fused-ring (bicyclic) bond motifs is 2. The second-order valence-corrected chi connectivity index (χ2v) is 8.91. The van der Waals surface area contributed by atoms with Crippen LogP contribution in [0.1, 0.15) is 12.8 Å². The Hall–Kier alpha value is -4.92. The first-order valence-electron chi connectivity index (χ1n) is 11.7. The quantitative estimate of drug-likeness (QED) is 0.325. The molecule has 0 unspecified atom stereocenters. The lowest BCUT2D eigenvalue weighted by Crippen LogP contribution is -2.13. The van der Waals surface area contributed by atoms with Crippen molar-refractivity contribution in [1.29, 1.82) is 0 Å². The molecule has 6 aromatic rings. The third-order valence-corrected chi connectivity index (χ3v) is 6.37. The minimum absolute atomic E-state index is 0.0489. The monoisotopic (exact) mass is 472 g/mol. The molecular weight excluding hydrogens is 452 g/mol. The Kier molecular flexibility index (Phi) is 4.60. The Morgan fingerprint density at radius 2 is 1.86 bits per heavy atom. The first kappa shape index (κ1) is 20.5. The third-order valence-electron chi connectivity index (χ3n) is 6.37. The van der Waals surface area contributed by atoms with Crippen LogP contribution in [-0.2, 0) is 4.79 Å². The van der Waals surface area contributed by atoms with Crippen molar-refractivity contribution in [3.05, 3.63) is 73.3 Å². The largest absolute Gasteiger partial charge is 0.353 e. The van der Waals surface area contributed by atoms with Gasteiger partial charge in [-0.15, -0.1) is 0 Å². The highest BCUT2D eigenvalue weighted by atomic mass is 16.2. The molecule has 174 valence electrons. The topological polar surface area (TPSA) is 125 Å². The van der Waals surface area contributed by atoms with Crippen molar-refractivity contribution in [2.24, 2.45) is 5.92 Å². The van der Waals surface area contributed by atoms with E-state index in [0.717, 1.165) is 63.1 Å². The van der Waals surface area contributed by atoms with E-state index in [2.05, 4.69) is 35.5 Å². The molecule has 7 rings (SSSR count). The van der Waals surface area contributed by atoms with Crippen LogP contribution in [0.4, 0.5) is 5.69 Å². The van der Waals surface area contributed by atoms with Crippen LogP contribution in [0.15, 0.2) is 73.3 Å². The highest BCUT2D eigenvalue weighted by molar-refractivity contribution is 5.99. The van der Waals surface area contributed by atoms with E-state index < -0.39 is 0 Å². The SMILES string of the molecule is O=C(Nc1cncc(-c2ccc3[nH]nc(-c4cc5c(-c6ccccn6)nccc5[nH]4)c3n2)c1)C1CC1. The van der Waals surface area contributed by atoms with Gasteiger partial charge < -0.3 is 10.3 Å². The fourth-order valence-corrected chi connectivity index (χ4v) is 4.37. The molecule has 0 saturated heterocycles. The molecule has 3 N–H and O–H groups in total. The van der Waals surface area contributed by atoms with E-state index in [-0.39, 0.29) is 11.8 Å². The zero-order valence-electron chi connectivity index (χ0n) is 19.1. The van der Waals surface area contributed by atoms with Crippen molar-refractivity contribution in [2.45, 2.75) is 12.8 Å². The van der Waals surface area contributed by atoms with Gasteiger partial charge in [-0.05, 0) is 55.3 Å². The first-order chi connectivity index (χ1) is 17.7. The van der Waals surface area contributed by atoms with Gasteiger partial charge in [0.05, 0.1) is 40.2 Å². The highest BCUT2D eigenvalue weighted by Crippen LogP contribution is 2.33. The number of aromatic nitrogens is 7. The standard InChI is InChI=1S/C27H20N8O/c36-27(15-4-5-15)31-17-11-16(13-28-14-17)19-6-7-22-25(33-19)26(35-34-22)23-12-18-20(32-23)8-10-30-24(18)21-3-1-2-9-29-21/h1-3,6-15,32H,4-5H2,(H,31,36)(H,34,35). The number of anilines is 1. The van der Waals surface area contributed by atoms with Crippen LogP contribution in [-0.4, -0.2) is 41.0 Å². The van der Waals surface area contributed by atoms with Gasteiger partial charge in [0, 0.05) is 41.0 Å². The van der Waals surface area contributed by atoms with Crippen LogP contribution in [0.5, 0.6) is 0 Å². The molecule has 1 aliphatic rings. The minimum Gasteiger partial charge on any atom is -0.353 e. The van der Waals surface area contributed by atoms with Crippen LogP contribution in [0.3, 0.4) is 0 Å². The molecular formula is C27H20N8O. The fraction of sp³-hybridized carbons (Fsp3) is 0.111. The zero-order valence-corrected chi connectivity index (χ0v) is 19.1. The van der Waals surface area contributed by atoms with Gasteiger partial charge in [-0.3, -0.25) is 24.8 Å². The summed E-state index contributed by atoms with van der Waals surface area (Å²) in [7, 11) is 0. The number of nitrogens with zero attached hydrogens (tertiary/aromatic N) is 5. The van der Waals surface area contributed by atoms with E-state index in [1.165, 1.54) is 0 Å². The van der Waals surface area contributed by atoms with Gasteiger partial charge >= 0.3 is 0 Å². The average Bonchev–Trinajstić information content (AvgIpc) is 3.55. The molecule has 9 nitrogen and oxygen atoms in total. The Labute approximate surface area is 205 Å². The second-order valence-electron chi connectivity index (χ2n) is 8.91. The number of aromatic amines is 2. The number of rotatable bonds is 5. The van der Waals surface area contributed by atoms with Gasteiger partial charge in [0.2, 0.25) is 5.91 Å². The molecule has 1 fully saturated rings. The maximum absolute atomic E-state index is 12.2. The van der Waals surface area contributed by atoms with E-state index in [1.54, 1.807) is 24.8 Å². The molecule has 0 atom stereocenters. The Bertz CT molecular complexity index is 1750. The van der Waals surface area contributed by atoms with E-state index in [0.29, 0.717) is 11.4 Å². The van der Waals surface area contributed by atoms with E-state index in [4.69, 9.17) is 4.98 Å². The maximum atomic E-state index is 12.2. The van der Waals surface area contributed by atoms with Crippen LogP contribution in [0, 0.1) is 5.92 Å². The van der Waals surface area contributed by atoms with Crippen LogP contribution in [0.2, 0.25) is 0 Å². The third kappa shape index (κ3) is 3.58. The summed E-state index contributed by atoms with van der Waals surface area (Å²) in [5.74, 6) is 0.175. The van der Waals surface area contributed by atoms with E-state index in [1.807, 2.05) is 48.5 Å². The summed E-state index contributed by atoms with van der Waals surface area (Å²) in [5.41, 5.74) is 7.88. The van der Waals surface area contributed by atoms with Crippen LogP contribution < -0.4 is 5.32 Å². The van der Waals surface area contributed by atoms with Crippen LogP contribution >= 0.6 is 0 Å². The predicted octanol–water partition coefficient (Wildman–Crippen LogP) is 4.97. The van der Waals surface area contributed by atoms with Gasteiger partial charge in [-0.2, -0.15) is 5.10 Å². The summed E-state index contributed by atoms with van der Waals surface area (Å²) in [6.45, 7) is 0. The lowest BCUT2D eigenvalue weighted by molar-refractivity contribution is -0.117. The Balaban J connectivity index is 1.28. The molecule has 36 heavy (non-hydrogen) atoms. The first-order valence-corrected chi connectivity index (χ1v) is 11.7. The molecule has 0 spiro atoms. The number of pyridine rings is 4. The molecule has 1 aliphatic carbocycles. The number of hydrogen-bond donors (Lipinski definition) is 3. The second kappa shape index (κ2) is 8.09. The lowest BCUT2D eigenvalue weighted by atomic mass is 10.1. The van der Waals surface area contributed by atoms with Gasteiger partial charge in [-0.25, -0.2) is 4.98 Å². The molecule has 0 radical (unpaired) electrons. The number of amides is 1. The minimum atomic E-state index is 0.0489. The summed E-state index contributed by atoms with van der Waals surface area (Å²) >= 11 is 0. The van der Waals surface area contributed by atoms with Gasteiger partial charge in [0.25, 0.3) is 0 Å². The fourth-order valence-electron chi connectivity index (χ4n) is 4.37. The molecule has 6 heterocycles. The van der Waals surface area contributed by atoms with Crippen molar-refractivity contribution >= 4 is 33.5 Å².